The Morgan fingerprint density at radius 2 is 0.831 bits per heavy atom. The maximum atomic E-state index is 11.8. The van der Waals surface area contributed by atoms with Crippen LogP contribution in [-0.2, 0) is 47.4 Å². The average molecular weight is 870 g/mol. The van der Waals surface area contributed by atoms with Crippen LogP contribution in [0.1, 0.15) is 6.92 Å². The quantitative estimate of drug-likeness (QED) is 0.0770. The Hall–Kier alpha value is -1.53. The number of hydrogen-bond donors (Lipinski definition) is 17. The van der Waals surface area contributed by atoms with Crippen molar-refractivity contribution < 1.29 is 129 Å². The van der Waals surface area contributed by atoms with Crippen LogP contribution in [0.25, 0.3) is 0 Å². The average Bonchev–Trinajstić information content (AvgIpc) is 3.21. The van der Waals surface area contributed by atoms with Gasteiger partial charge in [-0.2, -0.15) is 0 Å². The summed E-state index contributed by atoms with van der Waals surface area (Å²) < 4.78 is 49.8. The van der Waals surface area contributed by atoms with Crippen molar-refractivity contribution in [3.05, 3.63) is 0 Å². The van der Waals surface area contributed by atoms with Gasteiger partial charge >= 0.3 is 0 Å². The maximum Gasteiger partial charge on any atom is 0.217 e. The summed E-state index contributed by atoms with van der Waals surface area (Å²) in [6, 6.07) is -1.55. The number of ether oxygens (including phenoxy) is 9. The molecule has 25 unspecified atom stereocenters. The molecule has 5 fully saturated rings. The van der Waals surface area contributed by atoms with Crippen molar-refractivity contribution in [3.63, 3.8) is 0 Å². The van der Waals surface area contributed by atoms with E-state index in [1.807, 2.05) is 0 Å². The van der Waals surface area contributed by atoms with Crippen molar-refractivity contribution >= 4 is 5.91 Å². The zero-order valence-corrected chi connectivity index (χ0v) is 31.2. The van der Waals surface area contributed by atoms with Crippen LogP contribution in [0.2, 0.25) is 0 Å². The van der Waals surface area contributed by atoms with Gasteiger partial charge in [-0.15, -0.1) is 0 Å². The number of rotatable bonds is 14. The van der Waals surface area contributed by atoms with Crippen molar-refractivity contribution in [2.24, 2.45) is 0 Å². The fourth-order valence-electron chi connectivity index (χ4n) is 7.22. The van der Waals surface area contributed by atoms with Crippen molar-refractivity contribution in [3.8, 4) is 0 Å². The van der Waals surface area contributed by atoms with E-state index in [1.165, 1.54) is 0 Å². The van der Waals surface area contributed by atoms with Crippen LogP contribution in [0.15, 0.2) is 0 Å². The summed E-state index contributed by atoms with van der Waals surface area (Å²) in [7, 11) is 0. The Morgan fingerprint density at radius 1 is 0.441 bits per heavy atom. The van der Waals surface area contributed by atoms with Gasteiger partial charge in [0.2, 0.25) is 5.91 Å². The molecule has 5 rings (SSSR count). The molecule has 0 aromatic carbocycles. The minimum atomic E-state index is -2.14. The largest absolute Gasteiger partial charge is 0.394 e. The molecule has 27 nitrogen and oxygen atoms in total. The highest BCUT2D eigenvalue weighted by atomic mass is 16.8. The third-order valence-corrected chi connectivity index (χ3v) is 10.7. The Labute approximate surface area is 333 Å². The minimum absolute atomic E-state index is 0.715. The molecule has 59 heavy (non-hydrogen) atoms. The van der Waals surface area contributed by atoms with Gasteiger partial charge in [-0.05, 0) is 0 Å². The molecule has 0 spiro atoms. The number of amides is 1. The number of aliphatic hydroxyl groups excluding tert-OH is 16. The van der Waals surface area contributed by atoms with E-state index in [-0.39, 0.29) is 0 Å². The molecule has 5 aliphatic heterocycles. The van der Waals surface area contributed by atoms with Crippen LogP contribution in [-0.4, -0.2) is 274 Å². The molecule has 25 atom stereocenters. The Bertz CT molecular complexity index is 1320. The zero-order chi connectivity index (χ0) is 43.6. The molecule has 0 aromatic rings. The molecule has 0 bridgehead atoms. The molecule has 5 heterocycles. The van der Waals surface area contributed by atoms with Gasteiger partial charge in [-0.3, -0.25) is 4.79 Å². The van der Waals surface area contributed by atoms with E-state index < -0.39 is 192 Å². The molecule has 17 N–H and O–H groups in total. The van der Waals surface area contributed by atoms with Gasteiger partial charge in [0.1, 0.15) is 122 Å². The van der Waals surface area contributed by atoms with Gasteiger partial charge in [0.15, 0.2) is 31.5 Å². The smallest absolute Gasteiger partial charge is 0.217 e. The fraction of sp³-hybridized carbons (Fsp3) is 0.969. The number of nitrogens with one attached hydrogen (secondary N) is 1. The SMILES string of the molecule is CC(=O)NC1C(O)OC(CO)C(OC2OC(COC3OC(COC4OC(CO)C(O)C(O)C4O)C(O)C(O)C3O)C(O)C(OC3OC(CO)C(O)C(O)C3O)C2O)C1O. The normalized spacial score (nSPS) is 51.0. The summed E-state index contributed by atoms with van der Waals surface area (Å²) in [4.78, 5) is 11.8. The second-order valence-electron chi connectivity index (χ2n) is 14.8. The lowest BCUT2D eigenvalue weighted by atomic mass is 9.95. The highest BCUT2D eigenvalue weighted by Crippen LogP contribution is 2.34. The van der Waals surface area contributed by atoms with Gasteiger partial charge < -0.3 is 130 Å². The summed E-state index contributed by atoms with van der Waals surface area (Å²) in [6.07, 6.45) is -43.9. The van der Waals surface area contributed by atoms with Crippen LogP contribution in [0, 0.1) is 0 Å². The van der Waals surface area contributed by atoms with Crippen LogP contribution in [0.3, 0.4) is 0 Å². The lowest BCUT2D eigenvalue weighted by Crippen LogP contribution is -2.68. The molecule has 0 aromatic heterocycles. The predicted octanol–water partition coefficient (Wildman–Crippen LogP) is -11.8. The summed E-state index contributed by atoms with van der Waals surface area (Å²) in [5.41, 5.74) is 0. The second-order valence-corrected chi connectivity index (χ2v) is 14.8. The van der Waals surface area contributed by atoms with E-state index in [4.69, 9.17) is 42.6 Å². The molecular formula is C32H55NO26. The fourth-order valence-corrected chi connectivity index (χ4v) is 7.22. The first kappa shape index (κ1) is 48.5. The van der Waals surface area contributed by atoms with Gasteiger partial charge in [0.25, 0.3) is 0 Å². The summed E-state index contributed by atoms with van der Waals surface area (Å²) in [5, 5.41) is 169. The lowest BCUT2D eigenvalue weighted by molar-refractivity contribution is -0.380. The zero-order valence-electron chi connectivity index (χ0n) is 31.2. The Kier molecular flexibility index (Phi) is 17.1. The van der Waals surface area contributed by atoms with E-state index in [0.29, 0.717) is 0 Å². The topological polar surface area (TPSA) is 436 Å². The van der Waals surface area contributed by atoms with Crippen molar-refractivity contribution in [2.45, 2.75) is 160 Å². The highest BCUT2D eigenvalue weighted by molar-refractivity contribution is 5.73. The van der Waals surface area contributed by atoms with Crippen LogP contribution < -0.4 is 5.32 Å². The van der Waals surface area contributed by atoms with E-state index in [2.05, 4.69) is 5.32 Å². The van der Waals surface area contributed by atoms with Crippen molar-refractivity contribution in [1.82, 2.24) is 5.32 Å². The van der Waals surface area contributed by atoms with Gasteiger partial charge in [0.05, 0.1) is 33.0 Å². The van der Waals surface area contributed by atoms with E-state index in [0.717, 1.165) is 6.92 Å². The first-order valence-corrected chi connectivity index (χ1v) is 18.6. The molecule has 0 aliphatic carbocycles. The molecule has 0 radical (unpaired) electrons. The standard InChI is InChI=1S/C32H55NO26/c1-7(37)33-13-18(42)26(10(4-36)53-28(13)50)58-32-25(49)27(59-31-24(48)20(44)15(39)9(3-35)55-31)17(41)12(57-32)6-52-30-23(47)21(45)16(40)11(56-30)5-51-29-22(46)19(43)14(38)8(2-34)54-29/h8-32,34-36,38-50H,2-6H2,1H3,(H,33,37). The highest BCUT2D eigenvalue weighted by Gasteiger charge is 2.55. The third kappa shape index (κ3) is 10.5. The first-order chi connectivity index (χ1) is 27.8. The monoisotopic (exact) mass is 869 g/mol. The predicted molar refractivity (Wildman–Crippen MR) is 178 cm³/mol. The third-order valence-electron chi connectivity index (χ3n) is 10.7. The molecule has 0 saturated carbocycles. The van der Waals surface area contributed by atoms with E-state index >= 15 is 0 Å². The van der Waals surface area contributed by atoms with Gasteiger partial charge in [0, 0.05) is 6.92 Å². The van der Waals surface area contributed by atoms with Crippen molar-refractivity contribution in [1.29, 1.82) is 0 Å². The summed E-state index contributed by atoms with van der Waals surface area (Å²) in [5.74, 6) is -0.715. The Balaban J connectivity index is 1.34. The first-order valence-electron chi connectivity index (χ1n) is 18.6. The van der Waals surface area contributed by atoms with Crippen molar-refractivity contribution in [2.75, 3.05) is 33.0 Å². The molecule has 344 valence electrons. The van der Waals surface area contributed by atoms with E-state index in [9.17, 15) is 86.5 Å². The second kappa shape index (κ2) is 20.8. The molecule has 5 saturated heterocycles. The number of hydrogen-bond acceptors (Lipinski definition) is 26. The maximum absolute atomic E-state index is 11.8. The van der Waals surface area contributed by atoms with Crippen LogP contribution in [0.5, 0.6) is 0 Å². The molecule has 27 heteroatoms. The molecule has 1 amide bonds. The van der Waals surface area contributed by atoms with Gasteiger partial charge in [-0.1, -0.05) is 0 Å². The molecule has 5 aliphatic rings. The number of carbonyl (C=O) groups excluding carboxylic acids is 1. The summed E-state index contributed by atoms with van der Waals surface area (Å²) >= 11 is 0. The Morgan fingerprint density at radius 3 is 1.32 bits per heavy atom. The van der Waals surface area contributed by atoms with Crippen LogP contribution >= 0.6 is 0 Å². The number of carbonyl (C=O) groups is 1. The van der Waals surface area contributed by atoms with E-state index in [1.54, 1.807) is 0 Å². The minimum Gasteiger partial charge on any atom is -0.394 e. The van der Waals surface area contributed by atoms with Gasteiger partial charge in [-0.25, -0.2) is 0 Å². The van der Waals surface area contributed by atoms with Crippen LogP contribution in [0.4, 0.5) is 0 Å². The lowest BCUT2D eigenvalue weighted by Gasteiger charge is -2.48. The summed E-state index contributed by atoms with van der Waals surface area (Å²) in [6.45, 7) is -3.09. The molecular weight excluding hydrogens is 814 g/mol. The number of aliphatic hydroxyl groups is 16.